The molecule has 162 valence electrons. The number of benzene rings is 2. The number of anilines is 1. The lowest BCUT2D eigenvalue weighted by Crippen LogP contribution is -2.50. The van der Waals surface area contributed by atoms with Gasteiger partial charge >= 0.3 is 0 Å². The molecule has 9 heteroatoms. The molecule has 2 aromatic carbocycles. The van der Waals surface area contributed by atoms with Crippen molar-refractivity contribution in [2.45, 2.75) is 26.4 Å². The van der Waals surface area contributed by atoms with Crippen LogP contribution < -0.4 is 9.62 Å². The normalized spacial score (nSPS) is 12.2. The lowest BCUT2D eigenvalue weighted by atomic mass is 10.1. The number of carbonyl (C=O) groups is 2. The molecule has 0 spiro atoms. The fraction of sp³-hybridized carbons (Fsp3) is 0.333. The summed E-state index contributed by atoms with van der Waals surface area (Å²) in [6, 6.07) is 12.9. The number of halogens is 1. The minimum Gasteiger partial charge on any atom is -0.357 e. The lowest BCUT2D eigenvalue weighted by molar-refractivity contribution is -0.139. The van der Waals surface area contributed by atoms with Gasteiger partial charge in [0.05, 0.1) is 11.9 Å². The van der Waals surface area contributed by atoms with Gasteiger partial charge in [0.1, 0.15) is 12.6 Å². The first-order valence-corrected chi connectivity index (χ1v) is 11.6. The Hall–Kier alpha value is -2.58. The highest BCUT2D eigenvalue weighted by molar-refractivity contribution is 7.92. The Morgan fingerprint density at radius 3 is 2.23 bits per heavy atom. The molecule has 0 bridgehead atoms. The highest BCUT2D eigenvalue weighted by Crippen LogP contribution is 2.21. The molecule has 0 unspecified atom stereocenters. The summed E-state index contributed by atoms with van der Waals surface area (Å²) in [6.45, 7) is 3.27. The van der Waals surface area contributed by atoms with Crippen LogP contribution >= 0.6 is 11.6 Å². The summed E-state index contributed by atoms with van der Waals surface area (Å²) >= 11 is 5.90. The average molecular weight is 452 g/mol. The predicted octanol–water partition coefficient (Wildman–Crippen LogP) is 2.58. The standard InChI is InChI=1S/C21H26ClN3O4S/c1-15-7-5-6-8-17(15)13-24(16(2)21(27)23-3)20(26)14-25(30(4,28)29)19-11-9-18(22)10-12-19/h5-12,16H,13-14H2,1-4H3,(H,23,27)/t16-/m1/s1. The van der Waals surface area contributed by atoms with Gasteiger partial charge in [-0.1, -0.05) is 35.9 Å². The molecule has 0 saturated heterocycles. The van der Waals surface area contributed by atoms with Crippen LogP contribution in [0, 0.1) is 6.92 Å². The molecule has 30 heavy (non-hydrogen) atoms. The van der Waals surface area contributed by atoms with E-state index in [1.165, 1.54) is 24.1 Å². The molecule has 0 aliphatic carbocycles. The van der Waals surface area contributed by atoms with Crippen molar-refractivity contribution in [3.8, 4) is 0 Å². The number of sulfonamides is 1. The molecule has 1 atom stereocenters. The fourth-order valence-corrected chi connectivity index (χ4v) is 3.96. The van der Waals surface area contributed by atoms with Crippen LogP contribution in [0.15, 0.2) is 48.5 Å². The number of rotatable bonds is 8. The van der Waals surface area contributed by atoms with Crippen molar-refractivity contribution >= 4 is 39.1 Å². The van der Waals surface area contributed by atoms with Crippen molar-refractivity contribution in [3.05, 3.63) is 64.7 Å². The number of hydrogen-bond acceptors (Lipinski definition) is 4. The van der Waals surface area contributed by atoms with Crippen LogP contribution in [-0.4, -0.2) is 51.0 Å². The number of nitrogens with one attached hydrogen (secondary N) is 1. The Labute approximate surface area is 182 Å². The summed E-state index contributed by atoms with van der Waals surface area (Å²) in [5.41, 5.74) is 2.16. The van der Waals surface area contributed by atoms with E-state index in [9.17, 15) is 18.0 Å². The van der Waals surface area contributed by atoms with Gasteiger partial charge in [0, 0.05) is 18.6 Å². The Bertz CT molecular complexity index is 1010. The van der Waals surface area contributed by atoms with Crippen LogP contribution in [0.3, 0.4) is 0 Å². The van der Waals surface area contributed by atoms with Crippen LogP contribution in [0.25, 0.3) is 0 Å². The molecule has 0 fully saturated rings. The molecule has 2 amide bonds. The van der Waals surface area contributed by atoms with Gasteiger partial charge in [-0.25, -0.2) is 8.42 Å². The number of hydrogen-bond donors (Lipinski definition) is 1. The number of nitrogens with zero attached hydrogens (tertiary/aromatic N) is 2. The average Bonchev–Trinajstić information content (AvgIpc) is 2.70. The van der Waals surface area contributed by atoms with Crippen molar-refractivity contribution in [1.29, 1.82) is 0 Å². The van der Waals surface area contributed by atoms with Gasteiger partial charge < -0.3 is 10.2 Å². The molecule has 7 nitrogen and oxygen atoms in total. The second-order valence-corrected chi connectivity index (χ2v) is 9.33. The van der Waals surface area contributed by atoms with E-state index in [1.54, 1.807) is 19.1 Å². The van der Waals surface area contributed by atoms with Crippen LogP contribution in [-0.2, 0) is 26.2 Å². The summed E-state index contributed by atoms with van der Waals surface area (Å²) in [7, 11) is -2.26. The molecule has 2 aromatic rings. The molecule has 0 aromatic heterocycles. The zero-order valence-corrected chi connectivity index (χ0v) is 19.0. The molecule has 0 aliphatic rings. The smallest absolute Gasteiger partial charge is 0.244 e. The molecule has 0 radical (unpaired) electrons. The van der Waals surface area contributed by atoms with E-state index in [4.69, 9.17) is 11.6 Å². The van der Waals surface area contributed by atoms with E-state index in [2.05, 4.69) is 5.32 Å². The van der Waals surface area contributed by atoms with Crippen molar-refractivity contribution in [1.82, 2.24) is 10.2 Å². The van der Waals surface area contributed by atoms with Gasteiger partial charge in [-0.2, -0.15) is 0 Å². The number of likely N-dealkylation sites (N-methyl/N-ethyl adjacent to an activating group) is 1. The Morgan fingerprint density at radius 2 is 1.70 bits per heavy atom. The van der Waals surface area contributed by atoms with Gasteiger partial charge in [-0.05, 0) is 49.2 Å². The number of amides is 2. The van der Waals surface area contributed by atoms with Crippen molar-refractivity contribution < 1.29 is 18.0 Å². The Balaban J connectivity index is 2.38. The summed E-state index contributed by atoms with van der Waals surface area (Å²) in [5, 5.41) is 2.99. The van der Waals surface area contributed by atoms with Crippen LogP contribution in [0.1, 0.15) is 18.1 Å². The second kappa shape index (κ2) is 9.95. The monoisotopic (exact) mass is 451 g/mol. The number of aryl methyl sites for hydroxylation is 1. The highest BCUT2D eigenvalue weighted by atomic mass is 35.5. The maximum atomic E-state index is 13.2. The maximum Gasteiger partial charge on any atom is 0.244 e. The van der Waals surface area contributed by atoms with E-state index in [-0.39, 0.29) is 12.5 Å². The lowest BCUT2D eigenvalue weighted by Gasteiger charge is -2.31. The predicted molar refractivity (Wildman–Crippen MR) is 119 cm³/mol. The molecule has 0 heterocycles. The van der Waals surface area contributed by atoms with E-state index >= 15 is 0 Å². The molecule has 1 N–H and O–H groups in total. The van der Waals surface area contributed by atoms with Crippen molar-refractivity contribution in [3.63, 3.8) is 0 Å². The van der Waals surface area contributed by atoms with Gasteiger partial charge in [-0.3, -0.25) is 13.9 Å². The first kappa shape index (κ1) is 23.7. The summed E-state index contributed by atoms with van der Waals surface area (Å²) in [5.74, 6) is -0.830. The van der Waals surface area contributed by atoms with Gasteiger partial charge in [0.2, 0.25) is 21.8 Å². The second-order valence-electron chi connectivity index (χ2n) is 6.98. The molecule has 0 saturated carbocycles. The van der Waals surface area contributed by atoms with E-state index < -0.39 is 28.5 Å². The van der Waals surface area contributed by atoms with Crippen LogP contribution in [0.4, 0.5) is 5.69 Å². The summed E-state index contributed by atoms with van der Waals surface area (Å²) < 4.78 is 25.8. The van der Waals surface area contributed by atoms with Gasteiger partial charge in [-0.15, -0.1) is 0 Å². The first-order valence-electron chi connectivity index (χ1n) is 9.33. The zero-order chi connectivity index (χ0) is 22.5. The third-order valence-corrected chi connectivity index (χ3v) is 6.20. The first-order chi connectivity index (χ1) is 14.0. The largest absolute Gasteiger partial charge is 0.357 e. The Morgan fingerprint density at radius 1 is 1.10 bits per heavy atom. The quantitative estimate of drug-likeness (QED) is 0.668. The minimum absolute atomic E-state index is 0.179. The SMILES string of the molecule is CNC(=O)[C@@H](C)N(Cc1ccccc1C)C(=O)CN(c1ccc(Cl)cc1)S(C)(=O)=O. The molecular formula is C21H26ClN3O4S. The van der Waals surface area contributed by atoms with E-state index in [0.29, 0.717) is 10.7 Å². The van der Waals surface area contributed by atoms with Crippen molar-refractivity contribution in [2.24, 2.45) is 0 Å². The minimum atomic E-state index is -3.75. The topological polar surface area (TPSA) is 86.8 Å². The third-order valence-electron chi connectivity index (χ3n) is 4.81. The van der Waals surface area contributed by atoms with E-state index in [0.717, 1.165) is 21.7 Å². The summed E-state index contributed by atoms with van der Waals surface area (Å²) in [6.07, 6.45) is 1.03. The fourth-order valence-electron chi connectivity index (χ4n) is 2.98. The van der Waals surface area contributed by atoms with Crippen LogP contribution in [0.5, 0.6) is 0 Å². The molecular weight excluding hydrogens is 426 g/mol. The molecule has 2 rings (SSSR count). The highest BCUT2D eigenvalue weighted by Gasteiger charge is 2.29. The van der Waals surface area contributed by atoms with Gasteiger partial charge in [0.15, 0.2) is 0 Å². The molecule has 0 aliphatic heterocycles. The zero-order valence-electron chi connectivity index (χ0n) is 17.4. The van der Waals surface area contributed by atoms with Crippen LogP contribution in [0.2, 0.25) is 5.02 Å². The maximum absolute atomic E-state index is 13.2. The Kier molecular flexibility index (Phi) is 7.86. The van der Waals surface area contributed by atoms with Gasteiger partial charge in [0.25, 0.3) is 0 Å². The van der Waals surface area contributed by atoms with E-state index in [1.807, 2.05) is 31.2 Å². The third kappa shape index (κ3) is 5.96. The summed E-state index contributed by atoms with van der Waals surface area (Å²) in [4.78, 5) is 26.9. The van der Waals surface area contributed by atoms with Crippen molar-refractivity contribution in [2.75, 3.05) is 24.2 Å². The number of carbonyl (C=O) groups excluding carboxylic acids is 2.